The van der Waals surface area contributed by atoms with Crippen molar-refractivity contribution >= 4 is 11.9 Å². The zero-order valence-corrected chi connectivity index (χ0v) is 7.95. The Kier molecular flexibility index (Phi) is 3.38. The number of carbonyl (C=O) groups excluding carboxylic acids is 1. The average Bonchev–Trinajstić information content (AvgIpc) is 2.15. The van der Waals surface area contributed by atoms with Crippen LogP contribution in [0.25, 0.3) is 6.08 Å². The van der Waals surface area contributed by atoms with Crippen molar-refractivity contribution in [2.45, 2.75) is 20.3 Å². The molecule has 0 saturated carbocycles. The van der Waals surface area contributed by atoms with E-state index in [-0.39, 0.29) is 5.78 Å². The van der Waals surface area contributed by atoms with E-state index in [0.717, 1.165) is 17.6 Å². The summed E-state index contributed by atoms with van der Waals surface area (Å²) < 4.78 is 0. The SMILES string of the molecule is CC/C(=C\c1cccnc1)C(C)=O. The Morgan fingerprint density at radius 3 is 2.85 bits per heavy atom. The monoisotopic (exact) mass is 175 g/mol. The van der Waals surface area contributed by atoms with E-state index < -0.39 is 0 Å². The average molecular weight is 175 g/mol. The number of Topliss-reactive ketones (excluding diaryl/α,β-unsaturated/α-hetero) is 1. The fourth-order valence-corrected chi connectivity index (χ4v) is 1.12. The molecule has 0 bridgehead atoms. The van der Waals surface area contributed by atoms with Gasteiger partial charge in [0, 0.05) is 12.4 Å². The Morgan fingerprint density at radius 1 is 1.62 bits per heavy atom. The first-order valence-corrected chi connectivity index (χ1v) is 4.35. The van der Waals surface area contributed by atoms with Crippen LogP contribution in [0.4, 0.5) is 0 Å². The highest BCUT2D eigenvalue weighted by atomic mass is 16.1. The van der Waals surface area contributed by atoms with E-state index in [0.29, 0.717) is 0 Å². The van der Waals surface area contributed by atoms with Crippen LogP contribution >= 0.6 is 0 Å². The number of nitrogens with zero attached hydrogens (tertiary/aromatic N) is 1. The molecule has 0 radical (unpaired) electrons. The highest BCUT2D eigenvalue weighted by Gasteiger charge is 1.99. The number of hydrogen-bond donors (Lipinski definition) is 0. The highest BCUT2D eigenvalue weighted by molar-refractivity contribution is 5.97. The van der Waals surface area contributed by atoms with Crippen molar-refractivity contribution < 1.29 is 4.79 Å². The zero-order chi connectivity index (χ0) is 9.68. The van der Waals surface area contributed by atoms with E-state index >= 15 is 0 Å². The molecular formula is C11H13NO. The van der Waals surface area contributed by atoms with Crippen LogP contribution in [0.15, 0.2) is 30.1 Å². The number of hydrogen-bond acceptors (Lipinski definition) is 2. The van der Waals surface area contributed by atoms with Gasteiger partial charge in [-0.3, -0.25) is 9.78 Å². The molecule has 13 heavy (non-hydrogen) atoms. The van der Waals surface area contributed by atoms with Crippen LogP contribution in [0.5, 0.6) is 0 Å². The predicted octanol–water partition coefficient (Wildman–Crippen LogP) is 2.46. The summed E-state index contributed by atoms with van der Waals surface area (Å²) in [5.41, 5.74) is 1.82. The zero-order valence-electron chi connectivity index (χ0n) is 7.95. The van der Waals surface area contributed by atoms with Crippen LogP contribution in [-0.4, -0.2) is 10.8 Å². The molecule has 0 aliphatic rings. The van der Waals surface area contributed by atoms with E-state index in [1.807, 2.05) is 25.1 Å². The summed E-state index contributed by atoms with van der Waals surface area (Å²) in [4.78, 5) is 15.1. The molecule has 0 fully saturated rings. The summed E-state index contributed by atoms with van der Waals surface area (Å²) in [7, 11) is 0. The summed E-state index contributed by atoms with van der Waals surface area (Å²) in [6.07, 6.45) is 6.12. The van der Waals surface area contributed by atoms with Crippen molar-refractivity contribution in [3.63, 3.8) is 0 Å². The van der Waals surface area contributed by atoms with Gasteiger partial charge in [0.2, 0.25) is 0 Å². The number of ketones is 1. The maximum absolute atomic E-state index is 11.1. The van der Waals surface area contributed by atoms with Gasteiger partial charge >= 0.3 is 0 Å². The largest absolute Gasteiger partial charge is 0.295 e. The lowest BCUT2D eigenvalue weighted by Gasteiger charge is -1.98. The van der Waals surface area contributed by atoms with E-state index in [4.69, 9.17) is 0 Å². The first-order valence-electron chi connectivity index (χ1n) is 4.35. The molecule has 68 valence electrons. The molecule has 0 saturated heterocycles. The molecule has 0 N–H and O–H groups in total. The second-order valence-corrected chi connectivity index (χ2v) is 2.87. The summed E-state index contributed by atoms with van der Waals surface area (Å²) in [5.74, 6) is 0.131. The van der Waals surface area contributed by atoms with Crippen LogP contribution in [-0.2, 0) is 4.79 Å². The Balaban J connectivity index is 2.92. The molecule has 1 aromatic rings. The van der Waals surface area contributed by atoms with Crippen molar-refractivity contribution in [2.24, 2.45) is 0 Å². The van der Waals surface area contributed by atoms with Gasteiger partial charge in [-0.25, -0.2) is 0 Å². The maximum atomic E-state index is 11.1. The molecule has 1 heterocycles. The molecule has 2 nitrogen and oxygen atoms in total. The number of aromatic nitrogens is 1. The molecule has 0 atom stereocenters. The molecule has 0 aliphatic carbocycles. The van der Waals surface area contributed by atoms with Crippen molar-refractivity contribution in [2.75, 3.05) is 0 Å². The third-order valence-corrected chi connectivity index (χ3v) is 1.86. The molecule has 0 spiro atoms. The van der Waals surface area contributed by atoms with Crippen LogP contribution in [0.1, 0.15) is 25.8 Å². The summed E-state index contributed by atoms with van der Waals surface area (Å²) in [6.45, 7) is 3.56. The lowest BCUT2D eigenvalue weighted by Crippen LogP contribution is -1.94. The van der Waals surface area contributed by atoms with Crippen molar-refractivity contribution in [1.82, 2.24) is 4.98 Å². The molecule has 2 heteroatoms. The number of carbonyl (C=O) groups is 1. The molecule has 1 rings (SSSR count). The van der Waals surface area contributed by atoms with Gasteiger partial charge in [0.1, 0.15) is 0 Å². The van der Waals surface area contributed by atoms with Gasteiger partial charge in [0.15, 0.2) is 5.78 Å². The van der Waals surface area contributed by atoms with Crippen LogP contribution in [0, 0.1) is 0 Å². The standard InChI is InChI=1S/C11H13NO/c1-3-11(9(2)13)7-10-5-4-6-12-8-10/h4-8H,3H2,1-2H3/b11-7+. The fourth-order valence-electron chi connectivity index (χ4n) is 1.12. The van der Waals surface area contributed by atoms with Crippen LogP contribution in [0.3, 0.4) is 0 Å². The Morgan fingerprint density at radius 2 is 2.38 bits per heavy atom. The fraction of sp³-hybridized carbons (Fsp3) is 0.273. The van der Waals surface area contributed by atoms with Crippen molar-refractivity contribution in [1.29, 1.82) is 0 Å². The number of allylic oxidation sites excluding steroid dienone is 1. The van der Waals surface area contributed by atoms with E-state index in [9.17, 15) is 4.79 Å². The van der Waals surface area contributed by atoms with E-state index in [1.54, 1.807) is 19.3 Å². The van der Waals surface area contributed by atoms with Gasteiger partial charge in [-0.1, -0.05) is 13.0 Å². The first-order chi connectivity index (χ1) is 6.24. The van der Waals surface area contributed by atoms with Gasteiger partial charge in [-0.05, 0) is 36.6 Å². The van der Waals surface area contributed by atoms with Gasteiger partial charge in [0.05, 0.1) is 0 Å². The number of pyridine rings is 1. The van der Waals surface area contributed by atoms with E-state index in [1.165, 1.54) is 0 Å². The van der Waals surface area contributed by atoms with Crippen molar-refractivity contribution in [3.05, 3.63) is 35.7 Å². The van der Waals surface area contributed by atoms with Crippen LogP contribution in [0.2, 0.25) is 0 Å². The normalized spacial score (nSPS) is 11.4. The molecular weight excluding hydrogens is 162 g/mol. The smallest absolute Gasteiger partial charge is 0.155 e. The molecule has 0 aromatic carbocycles. The van der Waals surface area contributed by atoms with Gasteiger partial charge < -0.3 is 0 Å². The van der Waals surface area contributed by atoms with Gasteiger partial charge in [-0.15, -0.1) is 0 Å². The van der Waals surface area contributed by atoms with Crippen molar-refractivity contribution in [3.8, 4) is 0 Å². The van der Waals surface area contributed by atoms with E-state index in [2.05, 4.69) is 4.98 Å². The van der Waals surface area contributed by atoms with Gasteiger partial charge in [-0.2, -0.15) is 0 Å². The number of rotatable bonds is 3. The Bertz CT molecular complexity index is 314. The highest BCUT2D eigenvalue weighted by Crippen LogP contribution is 2.08. The summed E-state index contributed by atoms with van der Waals surface area (Å²) in [5, 5.41) is 0. The quantitative estimate of drug-likeness (QED) is 0.660. The molecule has 0 aliphatic heterocycles. The molecule has 0 amide bonds. The summed E-state index contributed by atoms with van der Waals surface area (Å²) >= 11 is 0. The first kappa shape index (κ1) is 9.65. The van der Waals surface area contributed by atoms with Crippen LogP contribution < -0.4 is 0 Å². The van der Waals surface area contributed by atoms with Gasteiger partial charge in [0.25, 0.3) is 0 Å². The molecule has 1 aromatic heterocycles. The Labute approximate surface area is 78.3 Å². The third-order valence-electron chi connectivity index (χ3n) is 1.86. The minimum absolute atomic E-state index is 0.131. The minimum Gasteiger partial charge on any atom is -0.295 e. The minimum atomic E-state index is 0.131. The lowest BCUT2D eigenvalue weighted by atomic mass is 10.1. The predicted molar refractivity (Wildman–Crippen MR) is 53.2 cm³/mol. The summed E-state index contributed by atoms with van der Waals surface area (Å²) in [6, 6.07) is 3.80. The Hall–Kier alpha value is -1.44. The molecule has 0 unspecified atom stereocenters. The second-order valence-electron chi connectivity index (χ2n) is 2.87. The maximum Gasteiger partial charge on any atom is 0.155 e. The second kappa shape index (κ2) is 4.55. The topological polar surface area (TPSA) is 30.0 Å². The third kappa shape index (κ3) is 2.82. The lowest BCUT2D eigenvalue weighted by molar-refractivity contribution is -0.113.